The molecule has 0 radical (unpaired) electrons. The summed E-state index contributed by atoms with van der Waals surface area (Å²) < 4.78 is 24.2. The number of hydrogen-bond donors (Lipinski definition) is 2. The van der Waals surface area contributed by atoms with E-state index in [4.69, 9.17) is 5.14 Å². The number of pyridine rings is 1. The van der Waals surface area contributed by atoms with Gasteiger partial charge >= 0.3 is 0 Å². The van der Waals surface area contributed by atoms with Crippen LogP contribution >= 0.6 is 0 Å². The van der Waals surface area contributed by atoms with E-state index in [2.05, 4.69) is 46.7 Å². The highest BCUT2D eigenvalue weighted by Crippen LogP contribution is 2.37. The summed E-state index contributed by atoms with van der Waals surface area (Å²) in [5, 5.41) is 15.6. The first kappa shape index (κ1) is 18.6. The topological polar surface area (TPSA) is 112 Å². The molecule has 1 aromatic heterocycles. The van der Waals surface area contributed by atoms with Gasteiger partial charge in [0.15, 0.2) is 0 Å². The molecule has 1 aliphatic heterocycles. The quantitative estimate of drug-likeness (QED) is 0.827. The molecule has 0 saturated carbocycles. The van der Waals surface area contributed by atoms with Crippen LogP contribution in [-0.4, -0.2) is 33.0 Å². The first-order valence-electron chi connectivity index (χ1n) is 8.53. The lowest BCUT2D eigenvalue weighted by atomic mass is 9.92. The molecule has 0 unspecified atom stereocenters. The number of hydrogen-bond acceptors (Lipinski definition) is 5. The van der Waals surface area contributed by atoms with Gasteiger partial charge in [-0.2, -0.15) is 13.7 Å². The van der Waals surface area contributed by atoms with Gasteiger partial charge in [0.1, 0.15) is 6.07 Å². The molecule has 0 atom stereocenters. The average Bonchev–Trinajstić information content (AvgIpc) is 2.49. The van der Waals surface area contributed by atoms with Crippen molar-refractivity contribution in [3.63, 3.8) is 0 Å². The van der Waals surface area contributed by atoms with Crippen molar-refractivity contribution in [2.45, 2.75) is 27.2 Å². The molecule has 7 nitrogen and oxygen atoms in total. The van der Waals surface area contributed by atoms with E-state index in [0.29, 0.717) is 18.0 Å². The van der Waals surface area contributed by atoms with Crippen molar-refractivity contribution < 1.29 is 8.42 Å². The third kappa shape index (κ3) is 3.65. The van der Waals surface area contributed by atoms with Crippen molar-refractivity contribution in [1.82, 2.24) is 9.71 Å². The number of nitrogens with zero attached hydrogens (tertiary/aromatic N) is 3. The third-order valence-corrected chi connectivity index (χ3v) is 5.60. The van der Waals surface area contributed by atoms with Crippen LogP contribution in [0.5, 0.6) is 0 Å². The van der Waals surface area contributed by atoms with Gasteiger partial charge in [-0.3, -0.25) is 4.98 Å². The van der Waals surface area contributed by atoms with Gasteiger partial charge in [-0.15, -0.1) is 0 Å². The Balaban J connectivity index is 1.86. The maximum atomic E-state index is 10.9. The predicted octanol–water partition coefficient (Wildman–Crippen LogP) is 1.65. The summed E-state index contributed by atoms with van der Waals surface area (Å²) in [5.74, 6) is 0.367. The molecule has 0 spiro atoms. The van der Waals surface area contributed by atoms with Crippen molar-refractivity contribution in [2.75, 3.05) is 24.5 Å². The molecular weight excluding hydrogens is 350 g/mol. The molecule has 1 aromatic carbocycles. The van der Waals surface area contributed by atoms with Gasteiger partial charge in [-0.25, -0.2) is 9.86 Å². The average molecular weight is 373 g/mol. The zero-order valence-corrected chi connectivity index (χ0v) is 16.0. The van der Waals surface area contributed by atoms with Crippen LogP contribution in [0.1, 0.15) is 28.8 Å². The molecular formula is C18H23N5O2S. The molecule has 1 saturated heterocycles. The van der Waals surface area contributed by atoms with Crippen LogP contribution in [0.15, 0.2) is 12.1 Å². The number of aromatic nitrogens is 1. The first-order valence-corrected chi connectivity index (χ1v) is 10.1. The van der Waals surface area contributed by atoms with Crippen LogP contribution in [-0.2, 0) is 10.2 Å². The number of anilines is 1. The minimum absolute atomic E-state index is 0.330. The van der Waals surface area contributed by atoms with E-state index in [1.165, 1.54) is 11.1 Å². The van der Waals surface area contributed by atoms with Crippen LogP contribution in [0, 0.1) is 38.0 Å². The Morgan fingerprint density at radius 2 is 1.96 bits per heavy atom. The largest absolute Gasteiger partial charge is 0.369 e. The molecule has 8 heteroatoms. The van der Waals surface area contributed by atoms with E-state index in [9.17, 15) is 13.7 Å². The van der Waals surface area contributed by atoms with E-state index >= 15 is 0 Å². The zero-order chi connectivity index (χ0) is 19.1. The van der Waals surface area contributed by atoms with Gasteiger partial charge in [0.05, 0.1) is 22.5 Å². The standard InChI is InChI=1S/C18H23N5O2S/c1-11-6-15-17(7-12(11)2)22-13(3)16(8-19)18(15)23-9-14(10-23)4-5-21-26(20,24)25/h6-7,14,21H,4-5,9-10H2,1-3H3,(H2,20,24,25). The molecule has 3 rings (SSSR count). The highest BCUT2D eigenvalue weighted by atomic mass is 32.2. The molecule has 138 valence electrons. The maximum Gasteiger partial charge on any atom is 0.274 e. The van der Waals surface area contributed by atoms with Gasteiger partial charge in [-0.1, -0.05) is 0 Å². The van der Waals surface area contributed by atoms with Crippen molar-refractivity contribution in [3.05, 3.63) is 34.5 Å². The SMILES string of the molecule is Cc1cc2nc(C)c(C#N)c(N3CC(CCNS(N)(=O)=O)C3)c2cc1C. The summed E-state index contributed by atoms with van der Waals surface area (Å²) in [7, 11) is -3.64. The minimum Gasteiger partial charge on any atom is -0.369 e. The van der Waals surface area contributed by atoms with Crippen LogP contribution in [0.25, 0.3) is 10.9 Å². The van der Waals surface area contributed by atoms with Gasteiger partial charge in [0, 0.05) is 25.0 Å². The third-order valence-electron chi connectivity index (χ3n) is 4.99. The number of aryl methyl sites for hydroxylation is 3. The van der Waals surface area contributed by atoms with E-state index < -0.39 is 10.2 Å². The normalized spacial score (nSPS) is 15.1. The second-order valence-electron chi connectivity index (χ2n) is 6.99. The zero-order valence-electron chi connectivity index (χ0n) is 15.2. The molecule has 1 aliphatic rings. The van der Waals surface area contributed by atoms with Gasteiger partial charge < -0.3 is 4.90 Å². The summed E-state index contributed by atoms with van der Waals surface area (Å²) >= 11 is 0. The van der Waals surface area contributed by atoms with Crippen molar-refractivity contribution >= 4 is 26.8 Å². The van der Waals surface area contributed by atoms with Gasteiger partial charge in [0.2, 0.25) is 0 Å². The number of nitriles is 1. The fraction of sp³-hybridized carbons (Fsp3) is 0.444. The summed E-state index contributed by atoms with van der Waals surface area (Å²) in [5.41, 5.74) is 5.53. The Bertz CT molecular complexity index is 1000. The highest BCUT2D eigenvalue weighted by molar-refractivity contribution is 7.87. The van der Waals surface area contributed by atoms with Crippen LogP contribution in [0.2, 0.25) is 0 Å². The van der Waals surface area contributed by atoms with E-state index in [1.807, 2.05) is 6.92 Å². The summed E-state index contributed by atoms with van der Waals surface area (Å²) in [6.45, 7) is 7.88. The fourth-order valence-corrected chi connectivity index (χ4v) is 3.83. The van der Waals surface area contributed by atoms with E-state index in [0.717, 1.165) is 41.8 Å². The number of nitrogens with two attached hydrogens (primary N) is 1. The fourth-order valence-electron chi connectivity index (χ4n) is 3.43. The monoisotopic (exact) mass is 373 g/mol. The Morgan fingerprint density at radius 1 is 1.31 bits per heavy atom. The van der Waals surface area contributed by atoms with Crippen molar-refractivity contribution in [1.29, 1.82) is 5.26 Å². The van der Waals surface area contributed by atoms with Gasteiger partial charge in [-0.05, 0) is 56.4 Å². The molecule has 0 amide bonds. The molecule has 1 fully saturated rings. The van der Waals surface area contributed by atoms with Crippen LogP contribution in [0.3, 0.4) is 0 Å². The molecule has 0 aliphatic carbocycles. The Hall–Kier alpha value is -2.21. The lowest BCUT2D eigenvalue weighted by molar-refractivity contribution is 0.384. The number of benzene rings is 1. The summed E-state index contributed by atoms with van der Waals surface area (Å²) in [6, 6.07) is 6.47. The first-order chi connectivity index (χ1) is 12.2. The predicted molar refractivity (Wildman–Crippen MR) is 102 cm³/mol. The number of rotatable bonds is 5. The van der Waals surface area contributed by atoms with E-state index in [-0.39, 0.29) is 0 Å². The van der Waals surface area contributed by atoms with Crippen molar-refractivity contribution in [3.8, 4) is 6.07 Å². The molecule has 2 aromatic rings. The van der Waals surface area contributed by atoms with Gasteiger partial charge in [0.25, 0.3) is 10.2 Å². The molecule has 3 N–H and O–H groups in total. The smallest absolute Gasteiger partial charge is 0.274 e. The van der Waals surface area contributed by atoms with Crippen LogP contribution < -0.4 is 14.8 Å². The highest BCUT2D eigenvalue weighted by Gasteiger charge is 2.30. The van der Waals surface area contributed by atoms with Crippen LogP contribution in [0.4, 0.5) is 5.69 Å². The maximum absolute atomic E-state index is 10.9. The molecule has 0 bridgehead atoms. The van der Waals surface area contributed by atoms with E-state index in [1.54, 1.807) is 0 Å². The van der Waals surface area contributed by atoms with Crippen molar-refractivity contribution in [2.24, 2.45) is 11.1 Å². The Kier molecular flexibility index (Phi) is 4.88. The minimum atomic E-state index is -3.64. The second kappa shape index (κ2) is 6.83. The summed E-state index contributed by atoms with van der Waals surface area (Å²) in [6.07, 6.45) is 0.717. The Morgan fingerprint density at radius 3 is 2.58 bits per heavy atom. The lowest BCUT2D eigenvalue weighted by Gasteiger charge is -2.42. The molecule has 2 heterocycles. The summed E-state index contributed by atoms with van der Waals surface area (Å²) in [4.78, 5) is 6.79. The second-order valence-corrected chi connectivity index (χ2v) is 8.36. The molecule has 26 heavy (non-hydrogen) atoms. The number of fused-ring (bicyclic) bond motifs is 1. The number of nitrogens with one attached hydrogen (secondary N) is 1. The lowest BCUT2D eigenvalue weighted by Crippen LogP contribution is -2.48. The Labute approximate surface area is 154 Å².